The van der Waals surface area contributed by atoms with E-state index < -0.39 is 0 Å². The molecule has 21 heavy (non-hydrogen) atoms. The number of fused-ring (bicyclic) bond motifs is 4. The van der Waals surface area contributed by atoms with E-state index in [4.69, 9.17) is 0 Å². The van der Waals surface area contributed by atoms with Crippen LogP contribution in [0.1, 0.15) is 22.6 Å². The SMILES string of the molecule is Brc1ccc2c(c1)C1C=CC=C1N2c1ccc2c(c1)CC2. The van der Waals surface area contributed by atoms with Crippen molar-refractivity contribution < 1.29 is 0 Å². The van der Waals surface area contributed by atoms with Gasteiger partial charge in [0.2, 0.25) is 0 Å². The van der Waals surface area contributed by atoms with Crippen molar-refractivity contribution in [1.29, 1.82) is 0 Å². The molecular weight excluding hydrogens is 322 g/mol. The van der Waals surface area contributed by atoms with Crippen LogP contribution in [-0.2, 0) is 12.8 Å². The Morgan fingerprint density at radius 2 is 1.90 bits per heavy atom. The maximum atomic E-state index is 3.61. The van der Waals surface area contributed by atoms with Crippen LogP contribution in [0.3, 0.4) is 0 Å². The van der Waals surface area contributed by atoms with Crippen molar-refractivity contribution in [3.8, 4) is 0 Å². The number of allylic oxidation sites excluding steroid dienone is 3. The number of nitrogens with zero attached hydrogens (tertiary/aromatic N) is 1. The second-order valence-corrected chi connectivity index (χ2v) is 6.86. The highest BCUT2D eigenvalue weighted by molar-refractivity contribution is 9.10. The lowest BCUT2D eigenvalue weighted by atomic mass is 9.88. The van der Waals surface area contributed by atoms with E-state index in [1.54, 1.807) is 0 Å². The molecule has 0 N–H and O–H groups in total. The Kier molecular flexibility index (Phi) is 2.31. The largest absolute Gasteiger partial charge is 0.313 e. The summed E-state index contributed by atoms with van der Waals surface area (Å²) in [4.78, 5) is 2.42. The van der Waals surface area contributed by atoms with Gasteiger partial charge in [-0.2, -0.15) is 0 Å². The van der Waals surface area contributed by atoms with Crippen molar-refractivity contribution in [2.75, 3.05) is 4.90 Å². The number of halogens is 1. The van der Waals surface area contributed by atoms with E-state index in [0.717, 1.165) is 4.47 Å². The molecule has 0 aromatic heterocycles. The van der Waals surface area contributed by atoms with Crippen LogP contribution in [0.4, 0.5) is 11.4 Å². The minimum absolute atomic E-state index is 0.406. The monoisotopic (exact) mass is 335 g/mol. The summed E-state index contributed by atoms with van der Waals surface area (Å²) in [6.45, 7) is 0. The minimum atomic E-state index is 0.406. The number of rotatable bonds is 1. The van der Waals surface area contributed by atoms with Crippen LogP contribution < -0.4 is 4.90 Å². The highest BCUT2D eigenvalue weighted by Gasteiger charge is 2.35. The molecule has 0 fully saturated rings. The molecule has 5 rings (SSSR count). The molecule has 2 aromatic rings. The first kappa shape index (κ1) is 11.8. The molecule has 102 valence electrons. The molecule has 2 heteroatoms. The molecule has 1 unspecified atom stereocenters. The maximum Gasteiger partial charge on any atom is 0.0501 e. The molecule has 0 saturated carbocycles. The predicted molar refractivity (Wildman–Crippen MR) is 90.1 cm³/mol. The standard InChI is InChI=1S/C19H14BrN/c20-14-7-9-19-17(11-14)16-2-1-3-18(16)21(19)15-8-6-12-4-5-13(12)10-15/h1-3,6-11,16H,4-5H2. The first-order chi connectivity index (χ1) is 10.3. The van der Waals surface area contributed by atoms with Gasteiger partial charge in [-0.1, -0.05) is 34.1 Å². The molecule has 0 spiro atoms. The van der Waals surface area contributed by atoms with Crippen molar-refractivity contribution in [2.45, 2.75) is 18.8 Å². The number of hydrogen-bond donors (Lipinski definition) is 0. The molecule has 1 atom stereocenters. The molecule has 0 amide bonds. The summed E-state index contributed by atoms with van der Waals surface area (Å²) >= 11 is 3.61. The van der Waals surface area contributed by atoms with Crippen LogP contribution in [0.25, 0.3) is 0 Å². The summed E-state index contributed by atoms with van der Waals surface area (Å²) in [5.74, 6) is 0.406. The van der Waals surface area contributed by atoms with E-state index in [9.17, 15) is 0 Å². The van der Waals surface area contributed by atoms with E-state index in [0.29, 0.717) is 5.92 Å². The third kappa shape index (κ3) is 1.57. The lowest BCUT2D eigenvalue weighted by Crippen LogP contribution is -2.15. The highest BCUT2D eigenvalue weighted by Crippen LogP contribution is 2.51. The lowest BCUT2D eigenvalue weighted by Gasteiger charge is -2.26. The Balaban J connectivity index is 1.71. The summed E-state index contributed by atoms with van der Waals surface area (Å²) in [6, 6.07) is 13.6. The summed E-state index contributed by atoms with van der Waals surface area (Å²) < 4.78 is 1.15. The van der Waals surface area contributed by atoms with Gasteiger partial charge in [0.05, 0.1) is 5.69 Å². The van der Waals surface area contributed by atoms with Crippen LogP contribution in [0.5, 0.6) is 0 Å². The maximum absolute atomic E-state index is 3.61. The van der Waals surface area contributed by atoms with E-state index >= 15 is 0 Å². The van der Waals surface area contributed by atoms with E-state index in [1.807, 2.05) is 0 Å². The summed E-state index contributed by atoms with van der Waals surface area (Å²) in [5, 5.41) is 0. The van der Waals surface area contributed by atoms with Gasteiger partial charge in [0.25, 0.3) is 0 Å². The topological polar surface area (TPSA) is 3.24 Å². The number of anilines is 2. The van der Waals surface area contributed by atoms with Gasteiger partial charge in [-0.3, -0.25) is 0 Å². The zero-order chi connectivity index (χ0) is 14.0. The fourth-order valence-electron chi connectivity index (χ4n) is 3.67. The quantitative estimate of drug-likeness (QED) is 0.689. The molecule has 1 aliphatic heterocycles. The number of benzene rings is 2. The van der Waals surface area contributed by atoms with Crippen LogP contribution in [-0.4, -0.2) is 0 Å². The summed E-state index contributed by atoms with van der Waals surface area (Å²) in [7, 11) is 0. The number of aryl methyl sites for hydroxylation is 2. The van der Waals surface area contributed by atoms with Crippen molar-refractivity contribution in [1.82, 2.24) is 0 Å². The second kappa shape index (κ2) is 4.11. The van der Waals surface area contributed by atoms with Crippen LogP contribution in [0.2, 0.25) is 0 Å². The van der Waals surface area contributed by atoms with Crippen LogP contribution >= 0.6 is 15.9 Å². The summed E-state index contributed by atoms with van der Waals surface area (Å²) in [5.41, 5.74) is 8.42. The predicted octanol–water partition coefficient (Wildman–Crippen LogP) is 5.24. The van der Waals surface area contributed by atoms with Gasteiger partial charge >= 0.3 is 0 Å². The van der Waals surface area contributed by atoms with Gasteiger partial charge < -0.3 is 4.90 Å². The normalized spacial score (nSPS) is 20.7. The van der Waals surface area contributed by atoms with Crippen LogP contribution in [0, 0.1) is 0 Å². The Labute approximate surface area is 132 Å². The molecule has 0 saturated heterocycles. The van der Waals surface area contributed by atoms with Crippen molar-refractivity contribution in [3.05, 3.63) is 81.5 Å². The minimum Gasteiger partial charge on any atom is -0.313 e. The molecule has 3 aliphatic rings. The Bertz CT molecular complexity index is 831. The van der Waals surface area contributed by atoms with Crippen molar-refractivity contribution in [3.63, 3.8) is 0 Å². The Morgan fingerprint density at radius 1 is 1.00 bits per heavy atom. The highest BCUT2D eigenvalue weighted by atomic mass is 79.9. The zero-order valence-corrected chi connectivity index (χ0v) is 13.1. The van der Waals surface area contributed by atoms with Gasteiger partial charge in [0.15, 0.2) is 0 Å². The first-order valence-corrected chi connectivity index (χ1v) is 8.20. The van der Waals surface area contributed by atoms with Gasteiger partial charge in [-0.25, -0.2) is 0 Å². The van der Waals surface area contributed by atoms with Crippen molar-refractivity contribution >= 4 is 27.3 Å². The average molecular weight is 336 g/mol. The Morgan fingerprint density at radius 3 is 2.71 bits per heavy atom. The lowest BCUT2D eigenvalue weighted by molar-refractivity contribution is 0.838. The molecular formula is C19H14BrN. The fourth-order valence-corrected chi connectivity index (χ4v) is 4.05. The third-order valence-corrected chi connectivity index (χ3v) is 5.32. The van der Waals surface area contributed by atoms with E-state index in [2.05, 4.69) is 75.5 Å². The molecule has 0 radical (unpaired) electrons. The summed E-state index contributed by atoms with van der Waals surface area (Å²) in [6.07, 6.45) is 9.19. The average Bonchev–Trinajstić information content (AvgIpc) is 3.01. The number of hydrogen-bond acceptors (Lipinski definition) is 1. The van der Waals surface area contributed by atoms with Crippen LogP contribution in [0.15, 0.2) is 64.8 Å². The smallest absolute Gasteiger partial charge is 0.0501 e. The zero-order valence-electron chi connectivity index (χ0n) is 11.5. The van der Waals surface area contributed by atoms with Gasteiger partial charge in [-0.05, 0) is 65.9 Å². The Hall–Kier alpha value is -1.80. The van der Waals surface area contributed by atoms with Gasteiger partial charge in [0.1, 0.15) is 0 Å². The van der Waals surface area contributed by atoms with Gasteiger partial charge in [0, 0.05) is 21.8 Å². The molecule has 1 nitrogen and oxygen atoms in total. The molecule has 2 aromatic carbocycles. The van der Waals surface area contributed by atoms with E-state index in [-0.39, 0.29) is 0 Å². The van der Waals surface area contributed by atoms with E-state index in [1.165, 1.54) is 46.6 Å². The molecule has 0 bridgehead atoms. The van der Waals surface area contributed by atoms with Crippen molar-refractivity contribution in [2.24, 2.45) is 0 Å². The first-order valence-electron chi connectivity index (χ1n) is 7.41. The molecule has 2 aliphatic carbocycles. The fraction of sp³-hybridized carbons (Fsp3) is 0.158. The van der Waals surface area contributed by atoms with Gasteiger partial charge in [-0.15, -0.1) is 0 Å². The third-order valence-electron chi connectivity index (χ3n) is 4.82. The molecule has 1 heterocycles. The second-order valence-electron chi connectivity index (χ2n) is 5.95.